The lowest BCUT2D eigenvalue weighted by Crippen LogP contribution is -2.22. The molecule has 1 aromatic heterocycles. The van der Waals surface area contributed by atoms with Crippen molar-refractivity contribution < 1.29 is 29.6 Å². The fourth-order valence-corrected chi connectivity index (χ4v) is 2.04. The Morgan fingerprint density at radius 3 is 2.71 bits per heavy atom. The highest BCUT2D eigenvalue weighted by atomic mass is 16.5. The predicted molar refractivity (Wildman–Crippen MR) is 70.7 cm³/mol. The minimum atomic E-state index is -1.49. The van der Waals surface area contributed by atoms with Crippen LogP contribution in [-0.4, -0.2) is 50.7 Å². The third-order valence-corrected chi connectivity index (χ3v) is 3.08. The largest absolute Gasteiger partial charge is 0.481 e. The summed E-state index contributed by atoms with van der Waals surface area (Å²) in [6.07, 6.45) is -2.12. The molecule has 2 unspecified atom stereocenters. The first kappa shape index (κ1) is 14.9. The van der Waals surface area contributed by atoms with Gasteiger partial charge < -0.3 is 20.1 Å². The number of aromatic amines is 1. The van der Waals surface area contributed by atoms with E-state index in [-0.39, 0.29) is 11.1 Å². The maximum atomic E-state index is 11.7. The van der Waals surface area contributed by atoms with Crippen molar-refractivity contribution in [1.82, 2.24) is 10.2 Å². The first-order chi connectivity index (χ1) is 9.93. The van der Waals surface area contributed by atoms with E-state index < -0.39 is 30.6 Å². The number of carboxylic acids is 1. The molecule has 1 aromatic carbocycles. The number of fused-ring (bicyclic) bond motifs is 1. The maximum Gasteiger partial charge on any atom is 0.338 e. The number of nitrogens with one attached hydrogen (secondary N) is 1. The quantitative estimate of drug-likeness (QED) is 0.580. The maximum absolute atomic E-state index is 11.7. The molecule has 8 nitrogen and oxygen atoms in total. The van der Waals surface area contributed by atoms with Crippen LogP contribution in [0.1, 0.15) is 28.4 Å². The van der Waals surface area contributed by atoms with Crippen LogP contribution >= 0.6 is 0 Å². The van der Waals surface area contributed by atoms with Crippen LogP contribution in [0.5, 0.6) is 0 Å². The lowest BCUT2D eigenvalue weighted by atomic mass is 9.98. The fraction of sp³-hybridized carbons (Fsp3) is 0.308. The van der Waals surface area contributed by atoms with E-state index in [0.717, 1.165) is 0 Å². The van der Waals surface area contributed by atoms with E-state index >= 15 is 0 Å². The Labute approximate surface area is 119 Å². The second-order valence-corrected chi connectivity index (χ2v) is 4.50. The lowest BCUT2D eigenvalue weighted by Gasteiger charge is -2.17. The third kappa shape index (κ3) is 3.01. The number of hydrogen-bond acceptors (Lipinski definition) is 6. The number of aliphatic carboxylic acids is 1. The first-order valence-corrected chi connectivity index (χ1v) is 6.07. The van der Waals surface area contributed by atoms with Gasteiger partial charge >= 0.3 is 11.9 Å². The zero-order valence-corrected chi connectivity index (χ0v) is 11.1. The van der Waals surface area contributed by atoms with Gasteiger partial charge in [-0.15, -0.1) is 0 Å². The molecule has 0 fully saturated rings. The molecule has 0 bridgehead atoms. The van der Waals surface area contributed by atoms with Gasteiger partial charge in [-0.25, -0.2) is 4.79 Å². The zero-order valence-electron chi connectivity index (χ0n) is 11.1. The Morgan fingerprint density at radius 1 is 1.38 bits per heavy atom. The third-order valence-electron chi connectivity index (χ3n) is 3.08. The summed E-state index contributed by atoms with van der Waals surface area (Å²) in [4.78, 5) is 22.3. The Balaban J connectivity index is 2.44. The summed E-state index contributed by atoms with van der Waals surface area (Å²) in [5.41, 5.74) is 0.829. The number of aromatic nitrogens is 2. The summed E-state index contributed by atoms with van der Waals surface area (Å²) >= 11 is 0. The molecular formula is C13H14N2O6. The Bertz CT molecular complexity index is 680. The molecule has 21 heavy (non-hydrogen) atoms. The predicted octanol–water partition coefficient (Wildman–Crippen LogP) is 0.218. The fourth-order valence-electron chi connectivity index (χ4n) is 2.04. The average molecular weight is 294 g/mol. The second kappa shape index (κ2) is 5.90. The second-order valence-electron chi connectivity index (χ2n) is 4.50. The van der Waals surface area contributed by atoms with E-state index in [0.29, 0.717) is 10.9 Å². The molecule has 2 rings (SSSR count). The van der Waals surface area contributed by atoms with Crippen LogP contribution < -0.4 is 0 Å². The number of carbonyl (C=O) groups excluding carboxylic acids is 1. The van der Waals surface area contributed by atoms with Gasteiger partial charge in [-0.2, -0.15) is 5.10 Å². The standard InChI is InChI=1S/C13H14N2O6/c1-21-13(20)7-2-6(3-9-8(7)5-14-15-9)12(19)10(16)4-11(17)18/h2-3,5,10,12,16,19H,4H2,1H3,(H,14,15)(H,17,18). The van der Waals surface area contributed by atoms with E-state index in [2.05, 4.69) is 14.9 Å². The first-order valence-electron chi connectivity index (χ1n) is 6.07. The highest BCUT2D eigenvalue weighted by Crippen LogP contribution is 2.26. The molecule has 0 aliphatic heterocycles. The molecule has 0 saturated carbocycles. The summed E-state index contributed by atoms with van der Waals surface area (Å²) in [6, 6.07) is 2.84. The number of nitrogens with zero attached hydrogens (tertiary/aromatic N) is 1. The normalized spacial score (nSPS) is 13.9. The van der Waals surface area contributed by atoms with Crippen molar-refractivity contribution in [2.45, 2.75) is 18.6 Å². The number of methoxy groups -OCH3 is 1. The van der Waals surface area contributed by atoms with E-state index in [1.54, 1.807) is 0 Å². The van der Waals surface area contributed by atoms with Crippen molar-refractivity contribution >= 4 is 22.8 Å². The van der Waals surface area contributed by atoms with Crippen molar-refractivity contribution in [3.8, 4) is 0 Å². The lowest BCUT2D eigenvalue weighted by molar-refractivity contribution is -0.141. The van der Waals surface area contributed by atoms with E-state index in [1.807, 2.05) is 0 Å². The molecule has 0 amide bonds. The number of aliphatic hydroxyl groups is 2. The number of rotatable bonds is 5. The highest BCUT2D eigenvalue weighted by molar-refractivity contribution is 6.03. The van der Waals surface area contributed by atoms with E-state index in [1.165, 1.54) is 25.4 Å². The summed E-state index contributed by atoms with van der Waals surface area (Å²) in [7, 11) is 1.22. The molecule has 112 valence electrons. The number of carboxylic acid groups (broad SMARTS) is 1. The van der Waals surface area contributed by atoms with Crippen molar-refractivity contribution in [1.29, 1.82) is 0 Å². The van der Waals surface area contributed by atoms with Gasteiger partial charge in [0.15, 0.2) is 0 Å². The van der Waals surface area contributed by atoms with Crippen LogP contribution in [0.3, 0.4) is 0 Å². The summed E-state index contributed by atoms with van der Waals surface area (Å²) in [5.74, 6) is -1.86. The summed E-state index contributed by atoms with van der Waals surface area (Å²) in [6.45, 7) is 0. The monoisotopic (exact) mass is 294 g/mol. The number of esters is 1. The molecule has 2 aromatic rings. The van der Waals surface area contributed by atoms with Crippen LogP contribution in [0.25, 0.3) is 10.9 Å². The van der Waals surface area contributed by atoms with Gasteiger partial charge in [0, 0.05) is 5.39 Å². The van der Waals surface area contributed by atoms with Crippen LogP contribution in [0, 0.1) is 0 Å². The minimum Gasteiger partial charge on any atom is -0.481 e. The van der Waals surface area contributed by atoms with Gasteiger partial charge in [0.1, 0.15) is 6.10 Å². The van der Waals surface area contributed by atoms with Crippen molar-refractivity contribution in [2.75, 3.05) is 7.11 Å². The molecule has 2 atom stereocenters. The van der Waals surface area contributed by atoms with Crippen molar-refractivity contribution in [3.05, 3.63) is 29.5 Å². The highest BCUT2D eigenvalue weighted by Gasteiger charge is 2.24. The van der Waals surface area contributed by atoms with E-state index in [9.17, 15) is 19.8 Å². The number of carbonyl (C=O) groups is 2. The van der Waals surface area contributed by atoms with Gasteiger partial charge in [0.2, 0.25) is 0 Å². The molecule has 8 heteroatoms. The molecule has 4 N–H and O–H groups in total. The SMILES string of the molecule is COC(=O)c1cc(C(O)C(O)CC(=O)O)cc2[nH]ncc12. The van der Waals surface area contributed by atoms with Gasteiger partial charge in [-0.3, -0.25) is 9.89 Å². The number of H-pyrrole nitrogens is 1. The summed E-state index contributed by atoms with van der Waals surface area (Å²) < 4.78 is 4.65. The van der Waals surface area contributed by atoms with Crippen LogP contribution in [-0.2, 0) is 9.53 Å². The molecule has 1 heterocycles. The van der Waals surface area contributed by atoms with Crippen molar-refractivity contribution in [3.63, 3.8) is 0 Å². The average Bonchev–Trinajstić information content (AvgIpc) is 2.91. The van der Waals surface area contributed by atoms with Crippen LogP contribution in [0.15, 0.2) is 18.3 Å². The minimum absolute atomic E-state index is 0.167. The summed E-state index contributed by atoms with van der Waals surface area (Å²) in [5, 5.41) is 35.3. The Kier molecular flexibility index (Phi) is 4.20. The van der Waals surface area contributed by atoms with Crippen LogP contribution in [0.4, 0.5) is 0 Å². The number of aliphatic hydroxyl groups excluding tert-OH is 2. The van der Waals surface area contributed by atoms with Crippen LogP contribution in [0.2, 0.25) is 0 Å². The topological polar surface area (TPSA) is 133 Å². The Hall–Kier alpha value is -2.45. The van der Waals surface area contributed by atoms with E-state index in [4.69, 9.17) is 5.11 Å². The number of hydrogen-bond donors (Lipinski definition) is 4. The molecule has 0 aliphatic rings. The van der Waals surface area contributed by atoms with Crippen molar-refractivity contribution in [2.24, 2.45) is 0 Å². The Morgan fingerprint density at radius 2 is 2.10 bits per heavy atom. The van der Waals surface area contributed by atoms with Gasteiger partial charge in [-0.05, 0) is 17.7 Å². The molecule has 0 radical (unpaired) electrons. The molecular weight excluding hydrogens is 280 g/mol. The zero-order chi connectivity index (χ0) is 15.6. The molecule has 0 aliphatic carbocycles. The number of benzene rings is 1. The molecule has 0 spiro atoms. The van der Waals surface area contributed by atoms with Gasteiger partial charge in [0.25, 0.3) is 0 Å². The smallest absolute Gasteiger partial charge is 0.338 e. The number of ether oxygens (including phenoxy) is 1. The van der Waals surface area contributed by atoms with Gasteiger partial charge in [-0.1, -0.05) is 0 Å². The molecule has 0 saturated heterocycles. The van der Waals surface area contributed by atoms with Gasteiger partial charge in [0.05, 0.1) is 36.9 Å².